The lowest BCUT2D eigenvalue weighted by Gasteiger charge is -2.30. The van der Waals surface area contributed by atoms with E-state index in [9.17, 15) is 14.7 Å². The zero-order chi connectivity index (χ0) is 25.2. The van der Waals surface area contributed by atoms with Crippen LogP contribution in [0.25, 0.3) is 33.5 Å². The number of carboxylic acids is 1. The van der Waals surface area contributed by atoms with Gasteiger partial charge in [-0.1, -0.05) is 50.2 Å². The molecule has 1 fully saturated rings. The van der Waals surface area contributed by atoms with Gasteiger partial charge in [0.2, 0.25) is 5.82 Å². The average Bonchev–Trinajstić information content (AvgIpc) is 3.50. The minimum absolute atomic E-state index is 0.109. The van der Waals surface area contributed by atoms with Gasteiger partial charge in [0.05, 0.1) is 11.2 Å². The summed E-state index contributed by atoms with van der Waals surface area (Å²) in [6.07, 6.45) is 0.949. The van der Waals surface area contributed by atoms with Crippen LogP contribution in [0.3, 0.4) is 0 Å². The van der Waals surface area contributed by atoms with Crippen LogP contribution in [-0.2, 0) is 16.1 Å². The summed E-state index contributed by atoms with van der Waals surface area (Å²) in [6, 6.07) is 16.3. The first-order valence-electron chi connectivity index (χ1n) is 11.8. The van der Waals surface area contributed by atoms with Crippen molar-refractivity contribution in [1.82, 2.24) is 30.5 Å². The molecule has 0 radical (unpaired) electrons. The van der Waals surface area contributed by atoms with Crippen molar-refractivity contribution in [2.75, 3.05) is 0 Å². The normalized spacial score (nSPS) is 14.1. The van der Waals surface area contributed by atoms with E-state index in [4.69, 9.17) is 9.72 Å². The molecule has 5 rings (SSSR count). The Morgan fingerprint density at radius 3 is 2.47 bits per heavy atom. The van der Waals surface area contributed by atoms with Crippen LogP contribution in [-0.4, -0.2) is 59.8 Å². The number of nitrogens with one attached hydrogen (secondary N) is 1. The van der Waals surface area contributed by atoms with Crippen molar-refractivity contribution in [1.29, 1.82) is 0 Å². The second-order valence-corrected chi connectivity index (χ2v) is 9.27. The highest BCUT2D eigenvalue weighted by atomic mass is 16.6. The van der Waals surface area contributed by atoms with Crippen molar-refractivity contribution in [3.8, 4) is 22.6 Å². The van der Waals surface area contributed by atoms with Gasteiger partial charge in [-0.3, -0.25) is 4.90 Å². The smallest absolute Gasteiger partial charge is 0.411 e. The zero-order valence-electron chi connectivity index (χ0n) is 20.0. The molecule has 0 saturated heterocycles. The van der Waals surface area contributed by atoms with Crippen LogP contribution in [0.4, 0.5) is 4.79 Å². The molecule has 2 heterocycles. The summed E-state index contributed by atoms with van der Waals surface area (Å²) >= 11 is 0. The van der Waals surface area contributed by atoms with Gasteiger partial charge in [-0.25, -0.2) is 14.6 Å². The molecule has 0 bridgehead atoms. The number of tetrazole rings is 1. The number of hydrogen-bond donors (Lipinski definition) is 2. The molecule has 1 aliphatic rings. The molecule has 1 unspecified atom stereocenters. The first-order chi connectivity index (χ1) is 17.4. The number of carbonyl (C=O) groups is 2. The van der Waals surface area contributed by atoms with Gasteiger partial charge >= 0.3 is 12.1 Å². The van der Waals surface area contributed by atoms with Gasteiger partial charge in [0.1, 0.15) is 12.1 Å². The van der Waals surface area contributed by atoms with E-state index >= 15 is 0 Å². The number of aliphatic carboxylic acids is 1. The summed E-state index contributed by atoms with van der Waals surface area (Å²) in [7, 11) is 0. The fraction of sp³-hybridized carbons (Fsp3) is 0.308. The SMILES string of the molecule is CC(C)C(C(=O)O)N(Cc1ccc2nc(-c3ccc(-c4nn[nH]n4)cc3)ccc2c1)C(=O)OC1CC1. The number of carbonyl (C=O) groups excluding carboxylic acids is 1. The molecule has 10 heteroatoms. The summed E-state index contributed by atoms with van der Waals surface area (Å²) in [5.74, 6) is -0.793. The molecule has 36 heavy (non-hydrogen) atoms. The van der Waals surface area contributed by atoms with Crippen LogP contribution in [0.5, 0.6) is 0 Å². The zero-order valence-corrected chi connectivity index (χ0v) is 20.0. The number of hydrogen-bond acceptors (Lipinski definition) is 7. The van der Waals surface area contributed by atoms with E-state index in [0.29, 0.717) is 5.82 Å². The van der Waals surface area contributed by atoms with Gasteiger partial charge in [0.15, 0.2) is 0 Å². The van der Waals surface area contributed by atoms with Gasteiger partial charge in [-0.2, -0.15) is 5.21 Å². The molecule has 10 nitrogen and oxygen atoms in total. The maximum absolute atomic E-state index is 12.8. The third-order valence-corrected chi connectivity index (χ3v) is 6.14. The molecule has 1 amide bonds. The maximum atomic E-state index is 12.8. The molecular formula is C26H26N6O4. The predicted molar refractivity (Wildman–Crippen MR) is 132 cm³/mol. The fourth-order valence-electron chi connectivity index (χ4n) is 4.16. The van der Waals surface area contributed by atoms with Gasteiger partial charge in [0.25, 0.3) is 0 Å². The van der Waals surface area contributed by atoms with Crippen molar-refractivity contribution in [3.05, 3.63) is 60.2 Å². The summed E-state index contributed by atoms with van der Waals surface area (Å²) in [5.41, 5.74) is 4.22. The van der Waals surface area contributed by atoms with Gasteiger partial charge in [-0.15, -0.1) is 10.2 Å². The van der Waals surface area contributed by atoms with Gasteiger partial charge in [0, 0.05) is 23.1 Å². The maximum Gasteiger partial charge on any atom is 0.411 e. The molecule has 1 atom stereocenters. The van der Waals surface area contributed by atoms with E-state index in [-0.39, 0.29) is 18.6 Å². The van der Waals surface area contributed by atoms with Gasteiger partial charge < -0.3 is 9.84 Å². The minimum atomic E-state index is -1.05. The van der Waals surface area contributed by atoms with Gasteiger partial charge in [-0.05, 0) is 47.7 Å². The van der Waals surface area contributed by atoms with E-state index in [1.165, 1.54) is 4.90 Å². The highest BCUT2D eigenvalue weighted by molar-refractivity contribution is 5.83. The summed E-state index contributed by atoms with van der Waals surface area (Å²) in [4.78, 5) is 30.9. The second kappa shape index (κ2) is 9.73. The van der Waals surface area contributed by atoms with Crippen molar-refractivity contribution in [2.45, 2.75) is 45.4 Å². The first kappa shape index (κ1) is 23.4. The molecule has 2 aromatic carbocycles. The molecule has 0 aliphatic heterocycles. The van der Waals surface area contributed by atoms with Crippen LogP contribution in [0, 0.1) is 5.92 Å². The third-order valence-electron chi connectivity index (χ3n) is 6.14. The Morgan fingerprint density at radius 1 is 1.08 bits per heavy atom. The Morgan fingerprint density at radius 2 is 1.83 bits per heavy atom. The van der Waals surface area contributed by atoms with Crippen LogP contribution in [0.1, 0.15) is 32.3 Å². The standard InChI is InChI=1S/C26H26N6O4/c1-15(2)23(25(33)34)32(26(35)36-20-9-10-20)14-16-3-11-22-19(13-16)8-12-21(27-22)17-4-6-18(7-5-17)24-28-30-31-29-24/h3-8,11-13,15,20,23H,9-10,14H2,1-2H3,(H,33,34)(H,28,29,30,31). The number of ether oxygens (including phenoxy) is 1. The number of carboxylic acid groups (broad SMARTS) is 1. The van der Waals surface area contributed by atoms with E-state index in [1.54, 1.807) is 13.8 Å². The number of aromatic nitrogens is 5. The topological polar surface area (TPSA) is 134 Å². The number of fused-ring (bicyclic) bond motifs is 1. The summed E-state index contributed by atoms with van der Waals surface area (Å²) < 4.78 is 5.46. The highest BCUT2D eigenvalue weighted by Crippen LogP contribution is 2.28. The van der Waals surface area contributed by atoms with E-state index in [2.05, 4.69) is 20.6 Å². The fourth-order valence-corrected chi connectivity index (χ4v) is 4.16. The van der Waals surface area contributed by atoms with E-state index in [0.717, 1.165) is 46.1 Å². The number of benzene rings is 2. The summed E-state index contributed by atoms with van der Waals surface area (Å²) in [5, 5.41) is 24.7. The lowest BCUT2D eigenvalue weighted by Crippen LogP contribution is -2.48. The Hall–Kier alpha value is -4.34. The quantitative estimate of drug-likeness (QED) is 0.377. The lowest BCUT2D eigenvalue weighted by atomic mass is 10.0. The Bertz CT molecular complexity index is 1380. The van der Waals surface area contributed by atoms with Crippen molar-refractivity contribution in [3.63, 3.8) is 0 Å². The Balaban J connectivity index is 1.38. The second-order valence-electron chi connectivity index (χ2n) is 9.27. The van der Waals surface area contributed by atoms with E-state index in [1.807, 2.05) is 54.6 Å². The molecule has 4 aromatic rings. The largest absolute Gasteiger partial charge is 0.480 e. The van der Waals surface area contributed by atoms with Crippen LogP contribution in [0.15, 0.2) is 54.6 Å². The lowest BCUT2D eigenvalue weighted by molar-refractivity contribution is -0.144. The first-order valence-corrected chi connectivity index (χ1v) is 11.8. The van der Waals surface area contributed by atoms with Crippen molar-refractivity contribution >= 4 is 23.0 Å². The number of pyridine rings is 1. The molecule has 1 saturated carbocycles. The number of H-pyrrole nitrogens is 1. The molecule has 0 spiro atoms. The molecule has 2 N–H and O–H groups in total. The van der Waals surface area contributed by atoms with Crippen LogP contribution < -0.4 is 0 Å². The number of amides is 1. The third kappa shape index (κ3) is 5.02. The number of nitrogens with zero attached hydrogens (tertiary/aromatic N) is 5. The number of aromatic amines is 1. The Labute approximate surface area is 207 Å². The molecular weight excluding hydrogens is 460 g/mol. The van der Waals surface area contributed by atoms with Crippen LogP contribution in [0.2, 0.25) is 0 Å². The molecule has 1 aliphatic carbocycles. The van der Waals surface area contributed by atoms with E-state index < -0.39 is 18.1 Å². The van der Waals surface area contributed by atoms with Crippen molar-refractivity contribution < 1.29 is 19.4 Å². The Kier molecular flexibility index (Phi) is 6.32. The molecule has 2 aromatic heterocycles. The molecule has 184 valence electrons. The average molecular weight is 487 g/mol. The summed E-state index contributed by atoms with van der Waals surface area (Å²) in [6.45, 7) is 3.71. The van der Waals surface area contributed by atoms with Crippen LogP contribution >= 0.6 is 0 Å². The highest BCUT2D eigenvalue weighted by Gasteiger charge is 2.36. The monoisotopic (exact) mass is 486 g/mol. The number of rotatable bonds is 8. The van der Waals surface area contributed by atoms with Crippen molar-refractivity contribution in [2.24, 2.45) is 5.92 Å². The minimum Gasteiger partial charge on any atom is -0.480 e. The predicted octanol–water partition coefficient (Wildman–Crippen LogP) is 4.29.